The smallest absolute Gasteiger partial charge is 0.317 e. The zero-order valence-corrected chi connectivity index (χ0v) is 16.8. The van der Waals surface area contributed by atoms with Gasteiger partial charge in [-0.15, -0.1) is 0 Å². The number of likely N-dealkylation sites (tertiary alicyclic amines) is 2. The highest BCUT2D eigenvalue weighted by atomic mass is 16.5. The minimum atomic E-state index is 0.154. The summed E-state index contributed by atoms with van der Waals surface area (Å²) in [7, 11) is 0. The summed E-state index contributed by atoms with van der Waals surface area (Å²) in [6.07, 6.45) is 12.7. The van der Waals surface area contributed by atoms with Crippen molar-refractivity contribution in [1.82, 2.24) is 15.1 Å². The predicted molar refractivity (Wildman–Crippen MR) is 105 cm³/mol. The van der Waals surface area contributed by atoms with Gasteiger partial charge in [-0.25, -0.2) is 4.79 Å². The van der Waals surface area contributed by atoms with Gasteiger partial charge in [0.2, 0.25) is 0 Å². The topological polar surface area (TPSA) is 44.8 Å². The molecule has 3 rings (SSSR count). The average molecular weight is 366 g/mol. The van der Waals surface area contributed by atoms with E-state index in [1.165, 1.54) is 64.5 Å². The van der Waals surface area contributed by atoms with Crippen LogP contribution in [0, 0.1) is 5.92 Å². The molecule has 1 N–H and O–H groups in total. The van der Waals surface area contributed by atoms with E-state index in [9.17, 15) is 4.79 Å². The normalized spacial score (nSPS) is 25.2. The Morgan fingerprint density at radius 2 is 1.65 bits per heavy atom. The molecule has 5 heteroatoms. The van der Waals surface area contributed by atoms with E-state index in [0.29, 0.717) is 5.92 Å². The lowest BCUT2D eigenvalue weighted by molar-refractivity contribution is 0.0334. The number of hydrogen-bond donors (Lipinski definition) is 1. The monoisotopic (exact) mass is 365 g/mol. The van der Waals surface area contributed by atoms with Crippen LogP contribution in [0.25, 0.3) is 0 Å². The zero-order chi connectivity index (χ0) is 18.2. The highest BCUT2D eigenvalue weighted by Crippen LogP contribution is 2.35. The molecule has 150 valence electrons. The maximum atomic E-state index is 12.8. The standard InChI is InChI=1S/C21H39N3O2/c1-2-26-17-19-9-15-23(16-10-19)20(25)22-18-21(11-5-3-6-12-21)24-13-7-4-8-14-24/h19H,2-18H2,1H3,(H,22,25). The predicted octanol–water partition coefficient (Wildman–Crippen LogP) is 3.63. The average Bonchev–Trinajstić information content (AvgIpc) is 2.72. The van der Waals surface area contributed by atoms with Crippen LogP contribution >= 0.6 is 0 Å². The molecule has 1 saturated carbocycles. The summed E-state index contributed by atoms with van der Waals surface area (Å²) in [5, 5.41) is 3.33. The van der Waals surface area contributed by atoms with Gasteiger partial charge in [-0.3, -0.25) is 4.90 Å². The highest BCUT2D eigenvalue weighted by Gasteiger charge is 2.39. The van der Waals surface area contributed by atoms with Gasteiger partial charge in [0.25, 0.3) is 0 Å². The van der Waals surface area contributed by atoms with Crippen molar-refractivity contribution in [3.63, 3.8) is 0 Å². The molecule has 5 nitrogen and oxygen atoms in total. The molecule has 3 fully saturated rings. The fraction of sp³-hybridized carbons (Fsp3) is 0.952. The third-order valence-electron chi connectivity index (χ3n) is 6.84. The lowest BCUT2D eigenvalue weighted by Gasteiger charge is -2.48. The first-order valence-electron chi connectivity index (χ1n) is 11.1. The maximum Gasteiger partial charge on any atom is 0.317 e. The van der Waals surface area contributed by atoms with E-state index >= 15 is 0 Å². The minimum absolute atomic E-state index is 0.154. The fourth-order valence-corrected chi connectivity index (χ4v) is 5.12. The molecule has 1 aliphatic carbocycles. The molecule has 2 amide bonds. The molecule has 0 aromatic heterocycles. The molecule has 2 aliphatic heterocycles. The Bertz CT molecular complexity index is 423. The summed E-state index contributed by atoms with van der Waals surface area (Å²) in [6, 6.07) is 0.154. The Kier molecular flexibility index (Phi) is 7.62. The van der Waals surface area contributed by atoms with Crippen molar-refractivity contribution in [1.29, 1.82) is 0 Å². The Morgan fingerprint density at radius 3 is 2.31 bits per heavy atom. The molecular weight excluding hydrogens is 326 g/mol. The van der Waals surface area contributed by atoms with Crippen molar-refractivity contribution in [2.45, 2.75) is 76.7 Å². The number of rotatable bonds is 6. The van der Waals surface area contributed by atoms with Crippen molar-refractivity contribution < 1.29 is 9.53 Å². The van der Waals surface area contributed by atoms with Crippen LogP contribution in [0.1, 0.15) is 71.1 Å². The molecule has 0 aromatic rings. The Balaban J connectivity index is 1.48. The van der Waals surface area contributed by atoms with Crippen LogP contribution in [0.3, 0.4) is 0 Å². The summed E-state index contributed by atoms with van der Waals surface area (Å²) in [5.41, 5.74) is 0.224. The lowest BCUT2D eigenvalue weighted by Crippen LogP contribution is -2.59. The summed E-state index contributed by atoms with van der Waals surface area (Å²) >= 11 is 0. The SMILES string of the molecule is CCOCC1CCN(C(=O)NCC2(N3CCCCC3)CCCCC2)CC1. The van der Waals surface area contributed by atoms with Gasteiger partial charge >= 0.3 is 6.03 Å². The van der Waals surface area contributed by atoms with Crippen LogP contribution in [0.15, 0.2) is 0 Å². The largest absolute Gasteiger partial charge is 0.381 e. The number of carbonyl (C=O) groups is 1. The Morgan fingerprint density at radius 1 is 1.00 bits per heavy atom. The first-order chi connectivity index (χ1) is 12.7. The van der Waals surface area contributed by atoms with Crippen LogP contribution < -0.4 is 5.32 Å². The van der Waals surface area contributed by atoms with Gasteiger partial charge in [-0.05, 0) is 64.5 Å². The van der Waals surface area contributed by atoms with Crippen molar-refractivity contribution >= 4 is 6.03 Å². The Hall–Kier alpha value is -0.810. The van der Waals surface area contributed by atoms with Crippen LogP contribution in [0.5, 0.6) is 0 Å². The van der Waals surface area contributed by atoms with Gasteiger partial charge in [-0.1, -0.05) is 25.7 Å². The minimum Gasteiger partial charge on any atom is -0.381 e. The van der Waals surface area contributed by atoms with Gasteiger partial charge < -0.3 is 15.0 Å². The van der Waals surface area contributed by atoms with E-state index in [4.69, 9.17) is 4.74 Å². The number of hydrogen-bond acceptors (Lipinski definition) is 3. The second-order valence-electron chi connectivity index (χ2n) is 8.58. The van der Waals surface area contributed by atoms with Crippen molar-refractivity contribution in [2.75, 3.05) is 45.9 Å². The van der Waals surface area contributed by atoms with Gasteiger partial charge in [-0.2, -0.15) is 0 Å². The third kappa shape index (κ3) is 5.13. The highest BCUT2D eigenvalue weighted by molar-refractivity contribution is 5.74. The molecule has 0 spiro atoms. The van der Waals surface area contributed by atoms with Crippen LogP contribution in [-0.2, 0) is 4.74 Å². The second-order valence-corrected chi connectivity index (χ2v) is 8.58. The van der Waals surface area contributed by atoms with Gasteiger partial charge in [0.05, 0.1) is 0 Å². The van der Waals surface area contributed by atoms with Crippen LogP contribution in [0.4, 0.5) is 4.79 Å². The van der Waals surface area contributed by atoms with Gasteiger partial charge in [0.15, 0.2) is 0 Å². The van der Waals surface area contributed by atoms with Crippen molar-refractivity contribution in [3.05, 3.63) is 0 Å². The number of nitrogens with one attached hydrogen (secondary N) is 1. The molecule has 3 aliphatic rings. The quantitative estimate of drug-likeness (QED) is 0.782. The van der Waals surface area contributed by atoms with Crippen molar-refractivity contribution in [2.24, 2.45) is 5.92 Å². The summed E-state index contributed by atoms with van der Waals surface area (Å²) in [6.45, 7) is 8.72. The van der Waals surface area contributed by atoms with E-state index < -0.39 is 0 Å². The molecule has 0 atom stereocenters. The molecule has 0 radical (unpaired) electrons. The Labute approximate surface area is 159 Å². The van der Waals surface area contributed by atoms with E-state index in [-0.39, 0.29) is 11.6 Å². The number of nitrogens with zero attached hydrogens (tertiary/aromatic N) is 2. The van der Waals surface area contributed by atoms with Gasteiger partial charge in [0.1, 0.15) is 0 Å². The van der Waals surface area contributed by atoms with E-state index in [1.807, 2.05) is 11.8 Å². The summed E-state index contributed by atoms with van der Waals surface area (Å²) < 4.78 is 5.55. The molecular formula is C21H39N3O2. The lowest BCUT2D eigenvalue weighted by atomic mass is 9.79. The number of amides is 2. The third-order valence-corrected chi connectivity index (χ3v) is 6.84. The molecule has 0 aromatic carbocycles. The fourth-order valence-electron chi connectivity index (χ4n) is 5.12. The number of urea groups is 1. The zero-order valence-electron chi connectivity index (χ0n) is 16.8. The van der Waals surface area contributed by atoms with Gasteiger partial charge in [0, 0.05) is 38.4 Å². The molecule has 2 saturated heterocycles. The summed E-state index contributed by atoms with van der Waals surface area (Å²) in [5.74, 6) is 0.622. The first-order valence-corrected chi connectivity index (χ1v) is 11.1. The first kappa shape index (κ1) is 19.9. The van der Waals surface area contributed by atoms with Crippen LogP contribution in [-0.4, -0.2) is 67.3 Å². The van der Waals surface area contributed by atoms with E-state index in [1.54, 1.807) is 0 Å². The van der Waals surface area contributed by atoms with E-state index in [2.05, 4.69) is 10.2 Å². The molecule has 0 unspecified atom stereocenters. The second kappa shape index (κ2) is 9.93. The van der Waals surface area contributed by atoms with Crippen molar-refractivity contribution in [3.8, 4) is 0 Å². The number of ether oxygens (including phenoxy) is 1. The van der Waals surface area contributed by atoms with Crippen LogP contribution in [0.2, 0.25) is 0 Å². The molecule has 2 heterocycles. The maximum absolute atomic E-state index is 12.8. The van der Waals surface area contributed by atoms with E-state index in [0.717, 1.165) is 45.7 Å². The number of piperidine rings is 2. The molecule has 26 heavy (non-hydrogen) atoms. The molecule has 0 bridgehead atoms. The summed E-state index contributed by atoms with van der Waals surface area (Å²) in [4.78, 5) is 17.5. The number of carbonyl (C=O) groups excluding carboxylic acids is 1.